The van der Waals surface area contributed by atoms with Crippen molar-refractivity contribution in [3.63, 3.8) is 0 Å². The lowest BCUT2D eigenvalue weighted by Gasteiger charge is -2.48. The monoisotopic (exact) mass is 300 g/mol. The fourth-order valence-corrected chi connectivity index (χ4v) is 2.94. The first kappa shape index (κ1) is 16.3. The second-order valence-electron chi connectivity index (χ2n) is 5.94. The molecule has 2 rings (SSSR count). The van der Waals surface area contributed by atoms with Crippen molar-refractivity contribution < 1.29 is 13.2 Å². The van der Waals surface area contributed by atoms with Crippen molar-refractivity contribution in [2.45, 2.75) is 44.4 Å². The Hall–Kier alpha value is -1.07. The molecule has 1 aliphatic heterocycles. The minimum atomic E-state index is -4.11. The van der Waals surface area contributed by atoms with E-state index in [0.717, 1.165) is 12.0 Å². The fraction of sp³-hybridized carbons (Fsp3) is 0.625. The summed E-state index contributed by atoms with van der Waals surface area (Å²) in [5, 5.41) is 3.46. The van der Waals surface area contributed by atoms with Gasteiger partial charge in [0.05, 0.1) is 12.0 Å². The van der Waals surface area contributed by atoms with Gasteiger partial charge in [0.1, 0.15) is 0 Å². The van der Waals surface area contributed by atoms with Gasteiger partial charge < -0.3 is 5.32 Å². The Bertz CT molecular complexity index is 447. The molecule has 0 saturated carbocycles. The van der Waals surface area contributed by atoms with Crippen LogP contribution in [0, 0.1) is 0 Å². The lowest BCUT2D eigenvalue weighted by Crippen LogP contribution is -2.61. The average molecular weight is 300 g/mol. The summed E-state index contributed by atoms with van der Waals surface area (Å²) in [4.78, 5) is 1.99. The average Bonchev–Trinajstić information content (AvgIpc) is 2.46. The second kappa shape index (κ2) is 6.36. The SMILES string of the molecule is CCC1CN(CCC(F)(F)F)C(C)(c2ccccc2)CN1. The van der Waals surface area contributed by atoms with E-state index in [0.29, 0.717) is 13.1 Å². The molecular weight excluding hydrogens is 277 g/mol. The van der Waals surface area contributed by atoms with Crippen LogP contribution < -0.4 is 5.32 Å². The number of nitrogens with one attached hydrogen (secondary N) is 1. The molecule has 1 heterocycles. The van der Waals surface area contributed by atoms with Gasteiger partial charge in [-0.2, -0.15) is 13.2 Å². The largest absolute Gasteiger partial charge is 0.390 e. The molecule has 1 aromatic carbocycles. The molecule has 1 fully saturated rings. The summed E-state index contributed by atoms with van der Waals surface area (Å²) in [6.07, 6.45) is -3.94. The molecule has 2 unspecified atom stereocenters. The lowest BCUT2D eigenvalue weighted by atomic mass is 9.86. The molecule has 5 heteroatoms. The van der Waals surface area contributed by atoms with Crippen LogP contribution in [0.25, 0.3) is 0 Å². The Morgan fingerprint density at radius 2 is 1.95 bits per heavy atom. The van der Waals surface area contributed by atoms with Crippen LogP contribution in [-0.2, 0) is 5.54 Å². The molecule has 0 radical (unpaired) electrons. The van der Waals surface area contributed by atoms with Gasteiger partial charge in [-0.1, -0.05) is 37.3 Å². The smallest absolute Gasteiger partial charge is 0.311 e. The molecule has 1 aliphatic rings. The number of halogens is 3. The van der Waals surface area contributed by atoms with E-state index < -0.39 is 18.1 Å². The normalized spacial score (nSPS) is 27.8. The van der Waals surface area contributed by atoms with Crippen molar-refractivity contribution in [3.05, 3.63) is 35.9 Å². The number of rotatable bonds is 4. The van der Waals surface area contributed by atoms with Crippen molar-refractivity contribution in [1.29, 1.82) is 0 Å². The van der Waals surface area contributed by atoms with Crippen molar-refractivity contribution >= 4 is 0 Å². The lowest BCUT2D eigenvalue weighted by molar-refractivity contribution is -0.142. The summed E-state index contributed by atoms with van der Waals surface area (Å²) in [5.74, 6) is 0. The van der Waals surface area contributed by atoms with Crippen LogP contribution in [0.4, 0.5) is 13.2 Å². The molecule has 0 aliphatic carbocycles. The maximum atomic E-state index is 12.6. The van der Waals surface area contributed by atoms with Crippen LogP contribution in [-0.4, -0.2) is 36.8 Å². The van der Waals surface area contributed by atoms with Gasteiger partial charge in [-0.3, -0.25) is 4.90 Å². The van der Waals surface area contributed by atoms with Gasteiger partial charge in [0.25, 0.3) is 0 Å². The predicted octanol–water partition coefficient (Wildman–Crippen LogP) is 3.54. The van der Waals surface area contributed by atoms with Gasteiger partial charge in [-0.25, -0.2) is 0 Å². The molecule has 2 atom stereocenters. The third-order valence-electron chi connectivity index (χ3n) is 4.43. The van der Waals surface area contributed by atoms with Crippen LogP contribution in [0.3, 0.4) is 0 Å². The van der Waals surface area contributed by atoms with Gasteiger partial charge in [0, 0.05) is 25.7 Å². The highest BCUT2D eigenvalue weighted by Crippen LogP contribution is 2.32. The zero-order chi connectivity index (χ0) is 15.5. The van der Waals surface area contributed by atoms with Crippen LogP contribution in [0.15, 0.2) is 30.3 Å². The van der Waals surface area contributed by atoms with E-state index in [1.165, 1.54) is 0 Å². The van der Waals surface area contributed by atoms with Gasteiger partial charge in [0.15, 0.2) is 0 Å². The van der Waals surface area contributed by atoms with E-state index in [-0.39, 0.29) is 12.6 Å². The summed E-state index contributed by atoms with van der Waals surface area (Å²) in [7, 11) is 0. The Morgan fingerprint density at radius 1 is 1.29 bits per heavy atom. The zero-order valence-electron chi connectivity index (χ0n) is 12.6. The van der Waals surface area contributed by atoms with Gasteiger partial charge in [0.2, 0.25) is 0 Å². The quantitative estimate of drug-likeness (QED) is 0.915. The molecule has 21 heavy (non-hydrogen) atoms. The number of hydrogen-bond donors (Lipinski definition) is 1. The minimum absolute atomic E-state index is 0.0487. The Balaban J connectivity index is 2.20. The van der Waals surface area contributed by atoms with E-state index >= 15 is 0 Å². The van der Waals surface area contributed by atoms with Crippen molar-refractivity contribution in [1.82, 2.24) is 10.2 Å². The molecule has 0 spiro atoms. The number of nitrogens with zero attached hydrogens (tertiary/aromatic N) is 1. The first-order valence-corrected chi connectivity index (χ1v) is 7.46. The third kappa shape index (κ3) is 3.98. The topological polar surface area (TPSA) is 15.3 Å². The summed E-state index contributed by atoms with van der Waals surface area (Å²) >= 11 is 0. The Morgan fingerprint density at radius 3 is 2.52 bits per heavy atom. The summed E-state index contributed by atoms with van der Waals surface area (Å²) in [6.45, 7) is 5.46. The molecular formula is C16H23F3N2. The fourth-order valence-electron chi connectivity index (χ4n) is 2.94. The zero-order valence-corrected chi connectivity index (χ0v) is 12.6. The summed E-state index contributed by atoms with van der Waals surface area (Å²) in [5.41, 5.74) is 0.673. The highest BCUT2D eigenvalue weighted by atomic mass is 19.4. The molecule has 1 aromatic rings. The van der Waals surface area contributed by atoms with Gasteiger partial charge in [-0.15, -0.1) is 0 Å². The van der Waals surface area contributed by atoms with Crippen molar-refractivity contribution in [3.8, 4) is 0 Å². The third-order valence-corrected chi connectivity index (χ3v) is 4.43. The van der Waals surface area contributed by atoms with E-state index in [1.807, 2.05) is 42.2 Å². The van der Waals surface area contributed by atoms with Gasteiger partial charge >= 0.3 is 6.18 Å². The molecule has 0 aromatic heterocycles. The van der Waals surface area contributed by atoms with Crippen LogP contribution in [0.2, 0.25) is 0 Å². The Labute approximate surface area is 124 Å². The number of hydrogen-bond acceptors (Lipinski definition) is 2. The van der Waals surface area contributed by atoms with E-state index in [1.54, 1.807) is 0 Å². The first-order valence-electron chi connectivity index (χ1n) is 7.46. The standard InChI is InChI=1S/C16H23F3N2/c1-3-14-11-21(10-9-16(17,18)19)15(2,12-20-14)13-7-5-4-6-8-13/h4-8,14,20H,3,9-12H2,1-2H3. The summed E-state index contributed by atoms with van der Waals surface area (Å²) < 4.78 is 37.8. The van der Waals surface area contributed by atoms with Crippen LogP contribution in [0.1, 0.15) is 32.3 Å². The highest BCUT2D eigenvalue weighted by molar-refractivity contribution is 5.25. The molecule has 0 bridgehead atoms. The molecule has 2 nitrogen and oxygen atoms in total. The molecule has 1 saturated heterocycles. The number of alkyl halides is 3. The maximum Gasteiger partial charge on any atom is 0.390 e. The van der Waals surface area contributed by atoms with Crippen molar-refractivity contribution in [2.75, 3.05) is 19.6 Å². The molecule has 118 valence electrons. The number of piperazine rings is 1. The maximum absolute atomic E-state index is 12.6. The highest BCUT2D eigenvalue weighted by Gasteiger charge is 2.40. The Kier molecular flexibility index (Phi) is 4.94. The van der Waals surface area contributed by atoms with E-state index in [4.69, 9.17) is 0 Å². The van der Waals surface area contributed by atoms with Crippen LogP contribution >= 0.6 is 0 Å². The summed E-state index contributed by atoms with van der Waals surface area (Å²) in [6, 6.07) is 10.1. The number of benzene rings is 1. The molecule has 0 amide bonds. The minimum Gasteiger partial charge on any atom is -0.311 e. The van der Waals surface area contributed by atoms with E-state index in [2.05, 4.69) is 12.2 Å². The van der Waals surface area contributed by atoms with Crippen LogP contribution in [0.5, 0.6) is 0 Å². The molecule has 1 N–H and O–H groups in total. The predicted molar refractivity (Wildman–Crippen MR) is 78.1 cm³/mol. The van der Waals surface area contributed by atoms with Crippen molar-refractivity contribution in [2.24, 2.45) is 0 Å². The second-order valence-corrected chi connectivity index (χ2v) is 5.94. The van der Waals surface area contributed by atoms with E-state index in [9.17, 15) is 13.2 Å². The first-order chi connectivity index (χ1) is 9.85. The van der Waals surface area contributed by atoms with Gasteiger partial charge in [-0.05, 0) is 18.9 Å².